The Bertz CT molecular complexity index is 461. The van der Waals surface area contributed by atoms with Crippen LogP contribution in [0.1, 0.15) is 38.7 Å². The highest BCUT2D eigenvalue weighted by Crippen LogP contribution is 2.20. The number of benzene rings is 1. The van der Waals surface area contributed by atoms with E-state index in [1.165, 1.54) is 18.4 Å². The normalized spacial score (nSPS) is 18.9. The molecule has 4 nitrogen and oxygen atoms in total. The van der Waals surface area contributed by atoms with E-state index in [2.05, 4.69) is 59.4 Å². The van der Waals surface area contributed by atoms with Crippen LogP contribution in [0.15, 0.2) is 35.3 Å². The first kappa shape index (κ1) is 20.2. The van der Waals surface area contributed by atoms with Gasteiger partial charge in [0.05, 0.1) is 6.54 Å². The van der Waals surface area contributed by atoms with E-state index in [4.69, 9.17) is 5.73 Å². The number of hydrogen-bond donors (Lipinski definition) is 2. The zero-order valence-electron chi connectivity index (χ0n) is 14.4. The highest BCUT2D eigenvalue weighted by molar-refractivity contribution is 14.0. The van der Waals surface area contributed by atoms with Gasteiger partial charge in [-0.1, -0.05) is 44.2 Å². The van der Waals surface area contributed by atoms with E-state index in [0.717, 1.165) is 32.6 Å². The maximum absolute atomic E-state index is 5.96. The molecule has 1 aliphatic rings. The molecule has 0 aromatic heterocycles. The first-order valence-corrected chi connectivity index (χ1v) is 8.47. The minimum atomic E-state index is 0. The maximum atomic E-state index is 5.96. The van der Waals surface area contributed by atoms with Crippen molar-refractivity contribution in [2.45, 2.75) is 45.7 Å². The molecule has 0 aliphatic carbocycles. The average molecular weight is 430 g/mol. The van der Waals surface area contributed by atoms with Crippen molar-refractivity contribution < 1.29 is 0 Å². The Kier molecular flexibility index (Phi) is 9.55. The van der Waals surface area contributed by atoms with Crippen LogP contribution < -0.4 is 11.1 Å². The average Bonchev–Trinajstić information content (AvgIpc) is 2.93. The van der Waals surface area contributed by atoms with Crippen molar-refractivity contribution in [3.63, 3.8) is 0 Å². The lowest BCUT2D eigenvalue weighted by atomic mass is 10.1. The fraction of sp³-hybridized carbons (Fsp3) is 0.611. The van der Waals surface area contributed by atoms with Gasteiger partial charge in [0.1, 0.15) is 0 Å². The quantitative estimate of drug-likeness (QED) is 0.397. The zero-order chi connectivity index (χ0) is 15.8. The summed E-state index contributed by atoms with van der Waals surface area (Å²) in [6, 6.07) is 11.2. The smallest absolute Gasteiger partial charge is 0.188 e. The van der Waals surface area contributed by atoms with E-state index in [1.807, 2.05) is 0 Å². The second-order valence-electron chi connectivity index (χ2n) is 6.59. The molecule has 0 bridgehead atoms. The van der Waals surface area contributed by atoms with Gasteiger partial charge in [-0.05, 0) is 37.3 Å². The van der Waals surface area contributed by atoms with Crippen LogP contribution in [0.2, 0.25) is 0 Å². The summed E-state index contributed by atoms with van der Waals surface area (Å²) >= 11 is 0. The second-order valence-corrected chi connectivity index (χ2v) is 6.59. The van der Waals surface area contributed by atoms with Gasteiger partial charge in [-0.25, -0.2) is 0 Å². The number of guanidine groups is 1. The third kappa shape index (κ3) is 7.52. The fourth-order valence-electron chi connectivity index (χ4n) is 2.88. The predicted octanol–water partition coefficient (Wildman–Crippen LogP) is 3.22. The fourth-order valence-corrected chi connectivity index (χ4v) is 2.88. The van der Waals surface area contributed by atoms with E-state index >= 15 is 0 Å². The van der Waals surface area contributed by atoms with Crippen LogP contribution in [0.25, 0.3) is 0 Å². The Morgan fingerprint density at radius 2 is 2.09 bits per heavy atom. The number of hydrogen-bond acceptors (Lipinski definition) is 2. The summed E-state index contributed by atoms with van der Waals surface area (Å²) in [5.41, 5.74) is 7.33. The van der Waals surface area contributed by atoms with Crippen molar-refractivity contribution in [3.8, 4) is 0 Å². The van der Waals surface area contributed by atoms with Crippen molar-refractivity contribution in [1.29, 1.82) is 0 Å². The van der Waals surface area contributed by atoms with Gasteiger partial charge in [-0.2, -0.15) is 0 Å². The molecule has 23 heavy (non-hydrogen) atoms. The minimum Gasteiger partial charge on any atom is -0.370 e. The molecule has 1 aromatic rings. The molecular weight excluding hydrogens is 399 g/mol. The Labute approximate surface area is 157 Å². The third-order valence-electron chi connectivity index (χ3n) is 4.23. The molecule has 0 saturated carbocycles. The first-order valence-electron chi connectivity index (χ1n) is 8.47. The summed E-state index contributed by atoms with van der Waals surface area (Å²) in [5, 5.41) is 3.21. The molecule has 130 valence electrons. The highest BCUT2D eigenvalue weighted by atomic mass is 127. The van der Waals surface area contributed by atoms with Crippen LogP contribution >= 0.6 is 24.0 Å². The van der Waals surface area contributed by atoms with Gasteiger partial charge in [-0.15, -0.1) is 24.0 Å². The summed E-state index contributed by atoms with van der Waals surface area (Å²) in [6.45, 7) is 8.32. The van der Waals surface area contributed by atoms with Gasteiger partial charge in [-0.3, -0.25) is 9.89 Å². The van der Waals surface area contributed by atoms with Crippen molar-refractivity contribution in [2.75, 3.05) is 19.6 Å². The minimum absolute atomic E-state index is 0. The van der Waals surface area contributed by atoms with Gasteiger partial charge in [0.15, 0.2) is 5.96 Å². The zero-order valence-corrected chi connectivity index (χ0v) is 16.7. The summed E-state index contributed by atoms with van der Waals surface area (Å²) in [5.74, 6) is 1.28. The summed E-state index contributed by atoms with van der Waals surface area (Å²) in [4.78, 5) is 7.06. The summed E-state index contributed by atoms with van der Waals surface area (Å²) in [6.07, 6.45) is 3.60. The van der Waals surface area contributed by atoms with E-state index in [-0.39, 0.29) is 24.0 Å². The second kappa shape index (κ2) is 10.9. The van der Waals surface area contributed by atoms with E-state index in [0.29, 0.717) is 17.9 Å². The van der Waals surface area contributed by atoms with Gasteiger partial charge in [0.2, 0.25) is 0 Å². The molecule has 1 atom stereocenters. The molecule has 5 heteroatoms. The van der Waals surface area contributed by atoms with Gasteiger partial charge < -0.3 is 11.1 Å². The van der Waals surface area contributed by atoms with Crippen LogP contribution in [0, 0.1) is 5.92 Å². The van der Waals surface area contributed by atoms with Crippen molar-refractivity contribution >= 4 is 29.9 Å². The van der Waals surface area contributed by atoms with Gasteiger partial charge in [0.25, 0.3) is 0 Å². The number of rotatable bonds is 7. The van der Waals surface area contributed by atoms with E-state index in [9.17, 15) is 0 Å². The van der Waals surface area contributed by atoms with Crippen molar-refractivity contribution in [3.05, 3.63) is 35.9 Å². The molecule has 0 radical (unpaired) electrons. The van der Waals surface area contributed by atoms with Gasteiger partial charge in [0, 0.05) is 19.1 Å². The molecule has 1 saturated heterocycles. The Morgan fingerprint density at radius 1 is 1.35 bits per heavy atom. The summed E-state index contributed by atoms with van der Waals surface area (Å²) < 4.78 is 0. The molecule has 1 heterocycles. The van der Waals surface area contributed by atoms with Crippen LogP contribution in [0.4, 0.5) is 0 Å². The largest absolute Gasteiger partial charge is 0.370 e. The van der Waals surface area contributed by atoms with Crippen molar-refractivity contribution in [1.82, 2.24) is 10.2 Å². The molecule has 0 spiro atoms. The lowest BCUT2D eigenvalue weighted by Gasteiger charge is -2.23. The highest BCUT2D eigenvalue weighted by Gasteiger charge is 2.24. The van der Waals surface area contributed by atoms with Crippen LogP contribution in [-0.4, -0.2) is 36.5 Å². The lowest BCUT2D eigenvalue weighted by molar-refractivity contribution is 0.250. The third-order valence-corrected chi connectivity index (χ3v) is 4.23. The lowest BCUT2D eigenvalue weighted by Crippen LogP contribution is -2.36. The number of nitrogens with two attached hydrogens (primary N) is 1. The number of halogens is 1. The first-order chi connectivity index (χ1) is 10.6. The number of likely N-dealkylation sites (tertiary alicyclic amines) is 1. The van der Waals surface area contributed by atoms with Crippen LogP contribution in [0.5, 0.6) is 0 Å². The molecule has 2 rings (SSSR count). The summed E-state index contributed by atoms with van der Waals surface area (Å²) in [7, 11) is 0. The van der Waals surface area contributed by atoms with E-state index in [1.54, 1.807) is 0 Å². The Hall–Kier alpha value is -0.820. The molecule has 1 unspecified atom stereocenters. The van der Waals surface area contributed by atoms with Gasteiger partial charge >= 0.3 is 0 Å². The Balaban J connectivity index is 0.00000264. The molecule has 3 N–H and O–H groups in total. The predicted molar refractivity (Wildman–Crippen MR) is 109 cm³/mol. The number of nitrogens with zero attached hydrogens (tertiary/aromatic N) is 2. The number of nitrogens with one attached hydrogen (secondary N) is 1. The van der Waals surface area contributed by atoms with Crippen molar-refractivity contribution in [2.24, 2.45) is 16.6 Å². The number of aliphatic imine (C=N–C) groups is 1. The monoisotopic (exact) mass is 430 g/mol. The van der Waals surface area contributed by atoms with Crippen LogP contribution in [-0.2, 0) is 6.54 Å². The molecule has 1 aromatic carbocycles. The molecule has 0 amide bonds. The standard InChI is InChI=1S/C18H30N4.HI/c1-15(2)10-11-20-18(19)21-13-17-9-6-12-22(17)14-16-7-4-3-5-8-16;/h3-5,7-8,15,17H,6,9-14H2,1-2H3,(H3,19,20,21);1H. The molecule has 1 aliphatic heterocycles. The van der Waals surface area contributed by atoms with Crippen LogP contribution in [0.3, 0.4) is 0 Å². The SMILES string of the molecule is CC(C)CCNC(N)=NCC1CCCN1Cc1ccccc1.I. The maximum Gasteiger partial charge on any atom is 0.188 e. The molecular formula is C18H31IN4. The topological polar surface area (TPSA) is 53.6 Å². The molecule has 1 fully saturated rings. The Morgan fingerprint density at radius 3 is 2.78 bits per heavy atom. The van der Waals surface area contributed by atoms with E-state index < -0.39 is 0 Å².